The molecule has 1 heterocycles. The van der Waals surface area contributed by atoms with Gasteiger partial charge in [0.25, 0.3) is 0 Å². The molecule has 2 aromatic carbocycles. The molecule has 0 saturated carbocycles. The fourth-order valence-electron chi connectivity index (χ4n) is 2.44. The number of hydrogen-bond donors (Lipinski definition) is 2. The quantitative estimate of drug-likeness (QED) is 0.497. The molecule has 142 valence electrons. The minimum atomic E-state index is -0.776. The zero-order valence-electron chi connectivity index (χ0n) is 14.8. The summed E-state index contributed by atoms with van der Waals surface area (Å²) in [7, 11) is 0. The second-order valence-corrected chi connectivity index (χ2v) is 7.12. The van der Waals surface area contributed by atoms with E-state index >= 15 is 0 Å². The van der Waals surface area contributed by atoms with E-state index in [1.54, 1.807) is 36.4 Å². The van der Waals surface area contributed by atoms with Crippen LogP contribution in [0, 0.1) is 5.82 Å². The fourth-order valence-corrected chi connectivity index (χ4v) is 3.35. The molecule has 0 saturated heterocycles. The number of carbonyl (C=O) groups is 3. The average molecular weight is 396 g/mol. The molecule has 3 aromatic rings. The summed E-state index contributed by atoms with van der Waals surface area (Å²) in [6.45, 7) is 0.275. The lowest BCUT2D eigenvalue weighted by Gasteiger charge is -2.06. The van der Waals surface area contributed by atoms with Gasteiger partial charge in [0.05, 0.1) is 11.4 Å². The number of nitrogens with one attached hydrogen (secondary N) is 2. The van der Waals surface area contributed by atoms with E-state index in [-0.39, 0.29) is 24.7 Å². The van der Waals surface area contributed by atoms with Crippen LogP contribution in [-0.4, -0.2) is 17.6 Å². The first-order valence-corrected chi connectivity index (χ1v) is 9.33. The van der Waals surface area contributed by atoms with Crippen LogP contribution in [0.4, 0.5) is 4.39 Å². The number of carbonyl (C=O) groups excluding carboxylic acids is 3. The number of amides is 2. The van der Waals surface area contributed by atoms with Gasteiger partial charge in [-0.15, -0.1) is 11.3 Å². The summed E-state index contributed by atoms with van der Waals surface area (Å²) >= 11 is 1.27. The first-order chi connectivity index (χ1) is 13.5. The third-order valence-electron chi connectivity index (χ3n) is 3.92. The fraction of sp³-hybridized carbons (Fsp3) is 0.0952. The second-order valence-electron chi connectivity index (χ2n) is 5.95. The average Bonchev–Trinajstić information content (AvgIpc) is 3.20. The number of rotatable bonds is 6. The van der Waals surface area contributed by atoms with E-state index in [4.69, 9.17) is 0 Å². The van der Waals surface area contributed by atoms with E-state index in [2.05, 4.69) is 10.6 Å². The van der Waals surface area contributed by atoms with Crippen LogP contribution < -0.4 is 10.6 Å². The van der Waals surface area contributed by atoms with Crippen LogP contribution in [0.5, 0.6) is 0 Å². The monoisotopic (exact) mass is 396 g/mol. The van der Waals surface area contributed by atoms with Gasteiger partial charge in [0.15, 0.2) is 0 Å². The molecule has 0 unspecified atom stereocenters. The number of benzene rings is 2. The topological polar surface area (TPSA) is 75.3 Å². The summed E-state index contributed by atoms with van der Waals surface area (Å²) in [4.78, 5) is 37.5. The van der Waals surface area contributed by atoms with Gasteiger partial charge in [-0.05, 0) is 29.8 Å². The molecule has 0 spiro atoms. The molecular formula is C21H17FN2O3S. The van der Waals surface area contributed by atoms with Crippen LogP contribution in [-0.2, 0) is 22.7 Å². The molecule has 0 aliphatic rings. The van der Waals surface area contributed by atoms with Crippen molar-refractivity contribution in [3.8, 4) is 0 Å². The second kappa shape index (κ2) is 9.05. The first-order valence-electron chi connectivity index (χ1n) is 8.52. The number of hydrogen-bond acceptors (Lipinski definition) is 4. The molecule has 5 nitrogen and oxygen atoms in total. The Hall–Kier alpha value is -3.32. The van der Waals surface area contributed by atoms with Crippen molar-refractivity contribution in [3.05, 3.63) is 93.4 Å². The molecule has 0 atom stereocenters. The predicted octanol–water partition coefficient (Wildman–Crippen LogP) is 3.05. The van der Waals surface area contributed by atoms with Crippen molar-refractivity contribution >= 4 is 28.9 Å². The summed E-state index contributed by atoms with van der Waals surface area (Å²) in [5.74, 6) is -2.00. The van der Waals surface area contributed by atoms with Gasteiger partial charge in [0.2, 0.25) is 5.78 Å². The molecule has 0 aliphatic heterocycles. The van der Waals surface area contributed by atoms with Crippen molar-refractivity contribution in [2.75, 3.05) is 0 Å². The highest BCUT2D eigenvalue weighted by atomic mass is 32.1. The zero-order chi connectivity index (χ0) is 19.9. The number of thiophene rings is 1. The maximum Gasteiger partial charge on any atom is 0.309 e. The van der Waals surface area contributed by atoms with E-state index in [1.165, 1.54) is 35.6 Å². The molecule has 0 fully saturated rings. The van der Waals surface area contributed by atoms with Crippen molar-refractivity contribution in [2.45, 2.75) is 13.1 Å². The van der Waals surface area contributed by atoms with Gasteiger partial charge in [-0.1, -0.05) is 42.5 Å². The summed E-state index contributed by atoms with van der Waals surface area (Å²) in [5, 5.41) is 5.00. The van der Waals surface area contributed by atoms with E-state index in [9.17, 15) is 18.8 Å². The Morgan fingerprint density at radius 1 is 0.786 bits per heavy atom. The number of halogens is 1. The van der Waals surface area contributed by atoms with Gasteiger partial charge >= 0.3 is 11.8 Å². The predicted molar refractivity (Wildman–Crippen MR) is 104 cm³/mol. The van der Waals surface area contributed by atoms with Gasteiger partial charge in [-0.2, -0.15) is 0 Å². The summed E-state index contributed by atoms with van der Waals surface area (Å²) < 4.78 is 12.9. The molecule has 1 aromatic heterocycles. The lowest BCUT2D eigenvalue weighted by Crippen LogP contribution is -2.39. The van der Waals surface area contributed by atoms with E-state index in [0.717, 1.165) is 4.88 Å². The van der Waals surface area contributed by atoms with Gasteiger partial charge < -0.3 is 10.6 Å². The maximum absolute atomic E-state index is 12.9. The van der Waals surface area contributed by atoms with E-state index < -0.39 is 11.8 Å². The van der Waals surface area contributed by atoms with Crippen molar-refractivity contribution < 1.29 is 18.8 Å². The van der Waals surface area contributed by atoms with Crippen molar-refractivity contribution in [2.24, 2.45) is 0 Å². The third-order valence-corrected chi connectivity index (χ3v) is 5.00. The van der Waals surface area contributed by atoms with Crippen LogP contribution in [0.2, 0.25) is 0 Å². The molecule has 28 heavy (non-hydrogen) atoms. The molecule has 7 heteroatoms. The summed E-state index contributed by atoms with van der Waals surface area (Å²) in [5.41, 5.74) is 1.28. The molecule has 2 amide bonds. The summed E-state index contributed by atoms with van der Waals surface area (Å²) in [6.07, 6.45) is 0. The van der Waals surface area contributed by atoms with Crippen LogP contribution in [0.25, 0.3) is 0 Å². The Bertz CT molecular complexity index is 984. The Balaban J connectivity index is 1.49. The van der Waals surface area contributed by atoms with Gasteiger partial charge in [-0.25, -0.2) is 4.39 Å². The van der Waals surface area contributed by atoms with Gasteiger partial charge in [0.1, 0.15) is 5.82 Å². The highest BCUT2D eigenvalue weighted by Crippen LogP contribution is 2.20. The van der Waals surface area contributed by atoms with Crippen LogP contribution in [0.3, 0.4) is 0 Å². The first kappa shape index (κ1) is 19.4. The Morgan fingerprint density at radius 2 is 1.43 bits per heavy atom. The maximum atomic E-state index is 12.9. The Morgan fingerprint density at radius 3 is 2.11 bits per heavy atom. The van der Waals surface area contributed by atoms with Gasteiger partial charge in [0, 0.05) is 17.0 Å². The molecule has 0 aliphatic carbocycles. The Labute approximate surface area is 165 Å². The van der Waals surface area contributed by atoms with Crippen molar-refractivity contribution in [1.82, 2.24) is 10.6 Å². The molecule has 0 bridgehead atoms. The van der Waals surface area contributed by atoms with Crippen LogP contribution in [0.15, 0.2) is 66.7 Å². The highest BCUT2D eigenvalue weighted by molar-refractivity contribution is 7.14. The van der Waals surface area contributed by atoms with E-state index in [1.807, 2.05) is 6.07 Å². The van der Waals surface area contributed by atoms with Crippen LogP contribution >= 0.6 is 11.3 Å². The number of ketones is 1. The minimum Gasteiger partial charge on any atom is -0.344 e. The van der Waals surface area contributed by atoms with Crippen LogP contribution in [0.1, 0.15) is 25.7 Å². The van der Waals surface area contributed by atoms with E-state index in [0.29, 0.717) is 16.0 Å². The molecular weight excluding hydrogens is 379 g/mol. The normalized spacial score (nSPS) is 10.3. The Kier molecular flexibility index (Phi) is 6.29. The smallest absolute Gasteiger partial charge is 0.309 e. The molecule has 2 N–H and O–H groups in total. The lowest BCUT2D eigenvalue weighted by molar-refractivity contribution is -0.139. The van der Waals surface area contributed by atoms with Crippen molar-refractivity contribution in [1.29, 1.82) is 0 Å². The summed E-state index contributed by atoms with van der Waals surface area (Å²) in [6, 6.07) is 18.0. The highest BCUT2D eigenvalue weighted by Gasteiger charge is 2.15. The van der Waals surface area contributed by atoms with Gasteiger partial charge in [-0.3, -0.25) is 14.4 Å². The largest absolute Gasteiger partial charge is 0.344 e. The lowest BCUT2D eigenvalue weighted by atomic mass is 10.1. The zero-order valence-corrected chi connectivity index (χ0v) is 15.6. The molecule has 3 rings (SSSR count). The SMILES string of the molecule is O=C(NCc1ccc(F)cc1)C(=O)NCc1ccc(C(=O)c2ccccc2)s1. The molecule has 0 radical (unpaired) electrons. The third kappa shape index (κ3) is 5.11. The standard InChI is InChI=1S/C21H17FN2O3S/c22-16-8-6-14(7-9-16)12-23-20(26)21(27)24-13-17-10-11-18(28-17)19(25)15-4-2-1-3-5-15/h1-11H,12-13H2,(H,23,26)(H,24,27). The minimum absolute atomic E-state index is 0.0831. The van der Waals surface area contributed by atoms with Crippen molar-refractivity contribution in [3.63, 3.8) is 0 Å².